The monoisotopic (exact) mass is 301 g/mol. The fourth-order valence-electron chi connectivity index (χ4n) is 2.78. The molecule has 1 saturated heterocycles. The number of amides is 1. The molecule has 1 aliphatic heterocycles. The summed E-state index contributed by atoms with van der Waals surface area (Å²) in [5, 5.41) is 3.72. The van der Waals surface area contributed by atoms with Crippen LogP contribution in [0.2, 0.25) is 0 Å². The van der Waals surface area contributed by atoms with Gasteiger partial charge < -0.3 is 14.5 Å². The van der Waals surface area contributed by atoms with Gasteiger partial charge in [0.1, 0.15) is 11.2 Å². The highest BCUT2D eigenvalue weighted by Crippen LogP contribution is 2.27. The average molecular weight is 301 g/mol. The molecule has 1 aromatic carbocycles. The maximum Gasteiger partial charge on any atom is 0.336 e. The summed E-state index contributed by atoms with van der Waals surface area (Å²) in [5.41, 5.74) is 0.739. The van der Waals surface area contributed by atoms with E-state index in [1.165, 1.54) is 6.07 Å². The van der Waals surface area contributed by atoms with E-state index in [2.05, 4.69) is 5.32 Å². The third kappa shape index (κ3) is 2.76. The van der Waals surface area contributed by atoms with Crippen LogP contribution in [0.15, 0.2) is 33.5 Å². The number of carbonyl (C=O) groups excluding carboxylic acids is 1. The van der Waals surface area contributed by atoms with E-state index in [0.29, 0.717) is 24.3 Å². The molecule has 0 bridgehead atoms. The van der Waals surface area contributed by atoms with Gasteiger partial charge in [-0.25, -0.2) is 4.79 Å². The first-order chi connectivity index (χ1) is 10.5. The third-order valence-corrected chi connectivity index (χ3v) is 4.16. The standard InChI is InChI=1S/C17H19NO4/c1-11-9-15(19)22-14-10-12(5-6-13(11)14)18-16(20)17(2)7-3-4-8-21-17/h5-6,9-10H,3-4,7-8H2,1-2H3,(H,18,20). The van der Waals surface area contributed by atoms with E-state index < -0.39 is 11.2 Å². The molecule has 5 nitrogen and oxygen atoms in total. The largest absolute Gasteiger partial charge is 0.423 e. The smallest absolute Gasteiger partial charge is 0.336 e. The van der Waals surface area contributed by atoms with Crippen molar-refractivity contribution in [1.29, 1.82) is 0 Å². The van der Waals surface area contributed by atoms with Gasteiger partial charge in [-0.3, -0.25) is 4.79 Å². The highest BCUT2D eigenvalue weighted by atomic mass is 16.5. The van der Waals surface area contributed by atoms with Crippen molar-refractivity contribution >= 4 is 22.6 Å². The van der Waals surface area contributed by atoms with Gasteiger partial charge >= 0.3 is 5.63 Å². The minimum absolute atomic E-state index is 0.165. The molecule has 1 aliphatic rings. The van der Waals surface area contributed by atoms with Gasteiger partial charge in [0.15, 0.2) is 0 Å². The maximum atomic E-state index is 12.4. The number of hydrogen-bond donors (Lipinski definition) is 1. The van der Waals surface area contributed by atoms with E-state index in [1.807, 2.05) is 19.9 Å². The van der Waals surface area contributed by atoms with Gasteiger partial charge in [0, 0.05) is 29.8 Å². The molecule has 1 unspecified atom stereocenters. The SMILES string of the molecule is Cc1cc(=O)oc2cc(NC(=O)C3(C)CCCCO3)ccc12. The first kappa shape index (κ1) is 14.8. The van der Waals surface area contributed by atoms with Crippen molar-refractivity contribution in [2.75, 3.05) is 11.9 Å². The Morgan fingerprint density at radius 2 is 2.09 bits per heavy atom. The zero-order chi connectivity index (χ0) is 15.7. The zero-order valence-electron chi connectivity index (χ0n) is 12.8. The van der Waals surface area contributed by atoms with Crippen LogP contribution in [-0.4, -0.2) is 18.1 Å². The van der Waals surface area contributed by atoms with Gasteiger partial charge in [-0.1, -0.05) is 0 Å². The number of fused-ring (bicyclic) bond motifs is 1. The lowest BCUT2D eigenvalue weighted by Gasteiger charge is -2.32. The predicted octanol–water partition coefficient (Wildman–Crippen LogP) is 3.00. The van der Waals surface area contributed by atoms with E-state index in [0.717, 1.165) is 23.8 Å². The number of ether oxygens (including phenoxy) is 1. The molecule has 1 fully saturated rings. The highest BCUT2D eigenvalue weighted by Gasteiger charge is 2.35. The minimum atomic E-state index is -0.791. The second-order valence-electron chi connectivity index (χ2n) is 5.95. The van der Waals surface area contributed by atoms with E-state index in [4.69, 9.17) is 9.15 Å². The summed E-state index contributed by atoms with van der Waals surface area (Å²) in [5.74, 6) is -0.165. The zero-order valence-corrected chi connectivity index (χ0v) is 12.8. The first-order valence-corrected chi connectivity index (χ1v) is 7.48. The summed E-state index contributed by atoms with van der Waals surface area (Å²) in [4.78, 5) is 23.9. The first-order valence-electron chi connectivity index (χ1n) is 7.48. The number of hydrogen-bond acceptors (Lipinski definition) is 4. The van der Waals surface area contributed by atoms with Crippen LogP contribution in [0.25, 0.3) is 11.0 Å². The van der Waals surface area contributed by atoms with Crippen LogP contribution in [0.1, 0.15) is 31.7 Å². The van der Waals surface area contributed by atoms with Crippen LogP contribution in [0.3, 0.4) is 0 Å². The lowest BCUT2D eigenvalue weighted by molar-refractivity contribution is -0.144. The number of anilines is 1. The molecule has 1 amide bonds. The van der Waals surface area contributed by atoms with Crippen LogP contribution in [0, 0.1) is 6.92 Å². The van der Waals surface area contributed by atoms with Crippen LogP contribution in [0.4, 0.5) is 5.69 Å². The molecule has 5 heteroatoms. The number of nitrogens with one attached hydrogen (secondary N) is 1. The highest BCUT2D eigenvalue weighted by molar-refractivity contribution is 5.98. The Kier molecular flexibility index (Phi) is 3.74. The number of carbonyl (C=O) groups is 1. The Bertz CT molecular complexity index is 772. The van der Waals surface area contributed by atoms with Gasteiger partial charge in [-0.2, -0.15) is 0 Å². The molecule has 22 heavy (non-hydrogen) atoms. The summed E-state index contributed by atoms with van der Waals surface area (Å²) in [6, 6.07) is 6.78. The second-order valence-corrected chi connectivity index (χ2v) is 5.95. The summed E-state index contributed by atoms with van der Waals surface area (Å²) in [6.07, 6.45) is 2.68. The van der Waals surface area contributed by atoms with E-state index >= 15 is 0 Å². The summed E-state index contributed by atoms with van der Waals surface area (Å²) in [7, 11) is 0. The van der Waals surface area contributed by atoms with E-state index in [-0.39, 0.29) is 5.91 Å². The van der Waals surface area contributed by atoms with E-state index in [9.17, 15) is 9.59 Å². The molecule has 1 atom stereocenters. The predicted molar refractivity (Wildman–Crippen MR) is 84.1 cm³/mol. The van der Waals surface area contributed by atoms with Crippen molar-refractivity contribution in [3.63, 3.8) is 0 Å². The summed E-state index contributed by atoms with van der Waals surface area (Å²) >= 11 is 0. The van der Waals surface area contributed by atoms with Crippen molar-refractivity contribution in [2.45, 2.75) is 38.7 Å². The Hall–Kier alpha value is -2.14. The van der Waals surface area contributed by atoms with Gasteiger partial charge in [0.2, 0.25) is 0 Å². The fraction of sp³-hybridized carbons (Fsp3) is 0.412. The molecule has 2 aromatic rings. The molecule has 1 N–H and O–H groups in total. The Morgan fingerprint density at radius 3 is 2.82 bits per heavy atom. The normalized spacial score (nSPS) is 21.7. The van der Waals surface area contributed by atoms with Crippen LogP contribution < -0.4 is 10.9 Å². The van der Waals surface area contributed by atoms with Gasteiger partial charge in [0.25, 0.3) is 5.91 Å². The molecule has 0 spiro atoms. The van der Waals surface area contributed by atoms with Crippen molar-refractivity contribution in [2.24, 2.45) is 0 Å². The quantitative estimate of drug-likeness (QED) is 0.866. The Labute approximate surface area is 128 Å². The Balaban J connectivity index is 1.88. The fourth-order valence-corrected chi connectivity index (χ4v) is 2.78. The number of rotatable bonds is 2. The number of aryl methyl sites for hydroxylation is 1. The number of benzene rings is 1. The summed E-state index contributed by atoms with van der Waals surface area (Å²) < 4.78 is 10.8. The van der Waals surface area contributed by atoms with Gasteiger partial charge in [-0.05, 0) is 50.8 Å². The molecule has 1 aromatic heterocycles. The van der Waals surface area contributed by atoms with Crippen LogP contribution >= 0.6 is 0 Å². The minimum Gasteiger partial charge on any atom is -0.423 e. The van der Waals surface area contributed by atoms with E-state index in [1.54, 1.807) is 12.1 Å². The van der Waals surface area contributed by atoms with Crippen molar-refractivity contribution in [3.8, 4) is 0 Å². The van der Waals surface area contributed by atoms with Crippen LogP contribution in [-0.2, 0) is 9.53 Å². The summed E-state index contributed by atoms with van der Waals surface area (Å²) in [6.45, 7) is 4.27. The van der Waals surface area contributed by atoms with Gasteiger partial charge in [0.05, 0.1) is 0 Å². The van der Waals surface area contributed by atoms with Crippen LogP contribution in [0.5, 0.6) is 0 Å². The lowest BCUT2D eigenvalue weighted by Crippen LogP contribution is -2.44. The third-order valence-electron chi connectivity index (χ3n) is 4.16. The molecule has 0 aliphatic carbocycles. The Morgan fingerprint density at radius 1 is 1.27 bits per heavy atom. The lowest BCUT2D eigenvalue weighted by atomic mass is 9.95. The van der Waals surface area contributed by atoms with Crippen molar-refractivity contribution < 1.29 is 13.9 Å². The molecule has 0 radical (unpaired) electrons. The van der Waals surface area contributed by atoms with Gasteiger partial charge in [-0.15, -0.1) is 0 Å². The topological polar surface area (TPSA) is 68.5 Å². The molecular formula is C17H19NO4. The molecular weight excluding hydrogens is 282 g/mol. The molecule has 0 saturated carbocycles. The molecule has 2 heterocycles. The van der Waals surface area contributed by atoms with Crippen molar-refractivity contribution in [3.05, 3.63) is 40.2 Å². The molecule has 116 valence electrons. The van der Waals surface area contributed by atoms with Crippen molar-refractivity contribution in [1.82, 2.24) is 0 Å². The maximum absolute atomic E-state index is 12.4. The molecule has 3 rings (SSSR count). The second kappa shape index (κ2) is 5.57. The average Bonchev–Trinajstić information content (AvgIpc) is 2.47.